The van der Waals surface area contributed by atoms with E-state index in [1.165, 1.54) is 19.1 Å². The van der Waals surface area contributed by atoms with Gasteiger partial charge in [0.2, 0.25) is 10.0 Å². The van der Waals surface area contributed by atoms with Crippen LogP contribution in [0.4, 0.5) is 5.69 Å². The fourth-order valence-corrected chi connectivity index (χ4v) is 3.07. The van der Waals surface area contributed by atoms with Crippen molar-refractivity contribution in [2.75, 3.05) is 25.1 Å². The Labute approximate surface area is 117 Å². The molecule has 1 atom stereocenters. The molecule has 1 aromatic carbocycles. The number of rotatable bonds is 4. The Morgan fingerprint density at radius 2 is 2.20 bits per heavy atom. The lowest BCUT2D eigenvalue weighted by atomic mass is 10.2. The quantitative estimate of drug-likeness (QED) is 0.828. The minimum atomic E-state index is -3.87. The molecule has 1 heterocycles. The van der Waals surface area contributed by atoms with Gasteiger partial charge in [-0.25, -0.2) is 8.42 Å². The molecule has 0 amide bonds. The highest BCUT2D eigenvalue weighted by Crippen LogP contribution is 2.32. The van der Waals surface area contributed by atoms with E-state index in [0.29, 0.717) is 24.6 Å². The van der Waals surface area contributed by atoms with Gasteiger partial charge in [-0.3, -0.25) is 4.79 Å². The SMILES string of the molecule is CC(NS(=O)(=O)c1ccc2c(c1)N(C)CCO2)C(=O)O. The van der Waals surface area contributed by atoms with Crippen molar-refractivity contribution in [2.24, 2.45) is 0 Å². The topological polar surface area (TPSA) is 95.9 Å². The number of hydrogen-bond donors (Lipinski definition) is 2. The van der Waals surface area contributed by atoms with Crippen molar-refractivity contribution in [3.63, 3.8) is 0 Å². The van der Waals surface area contributed by atoms with Crippen molar-refractivity contribution in [3.8, 4) is 5.75 Å². The number of aliphatic carboxylic acids is 1. The fourth-order valence-electron chi connectivity index (χ4n) is 1.85. The monoisotopic (exact) mass is 300 g/mol. The van der Waals surface area contributed by atoms with Crippen LogP contribution in [0.5, 0.6) is 5.75 Å². The van der Waals surface area contributed by atoms with Crippen LogP contribution in [0.2, 0.25) is 0 Å². The number of carboxylic acids is 1. The van der Waals surface area contributed by atoms with Crippen LogP contribution in [-0.2, 0) is 14.8 Å². The smallest absolute Gasteiger partial charge is 0.321 e. The summed E-state index contributed by atoms with van der Waals surface area (Å²) >= 11 is 0. The maximum atomic E-state index is 12.1. The summed E-state index contributed by atoms with van der Waals surface area (Å²) in [6.07, 6.45) is 0. The summed E-state index contributed by atoms with van der Waals surface area (Å²) < 4.78 is 31.7. The number of carbonyl (C=O) groups is 1. The Hall–Kier alpha value is -1.80. The number of hydrogen-bond acceptors (Lipinski definition) is 5. The zero-order chi connectivity index (χ0) is 14.9. The van der Waals surface area contributed by atoms with Crippen LogP contribution in [-0.4, -0.2) is 45.7 Å². The first-order valence-corrected chi connectivity index (χ1v) is 7.53. The number of sulfonamides is 1. The average molecular weight is 300 g/mol. The second-order valence-electron chi connectivity index (χ2n) is 4.58. The van der Waals surface area contributed by atoms with Gasteiger partial charge in [0.05, 0.1) is 17.1 Å². The van der Waals surface area contributed by atoms with E-state index < -0.39 is 22.0 Å². The molecule has 0 fully saturated rings. The molecular formula is C12H16N2O5S. The average Bonchev–Trinajstić information content (AvgIpc) is 2.38. The predicted octanol–water partition coefficient (Wildman–Crippen LogP) is 0.267. The van der Waals surface area contributed by atoms with Crippen LogP contribution in [0, 0.1) is 0 Å². The molecular weight excluding hydrogens is 284 g/mol. The summed E-state index contributed by atoms with van der Waals surface area (Å²) in [5, 5.41) is 8.77. The largest absolute Gasteiger partial charge is 0.490 e. The lowest BCUT2D eigenvalue weighted by molar-refractivity contribution is -0.138. The van der Waals surface area contributed by atoms with E-state index >= 15 is 0 Å². The van der Waals surface area contributed by atoms with E-state index in [-0.39, 0.29) is 4.90 Å². The van der Waals surface area contributed by atoms with E-state index in [1.54, 1.807) is 6.07 Å². The molecule has 110 valence electrons. The lowest BCUT2D eigenvalue weighted by Crippen LogP contribution is -2.38. The van der Waals surface area contributed by atoms with Gasteiger partial charge >= 0.3 is 5.97 Å². The highest BCUT2D eigenvalue weighted by Gasteiger charge is 2.24. The molecule has 0 aromatic heterocycles. The summed E-state index contributed by atoms with van der Waals surface area (Å²) in [4.78, 5) is 12.6. The Morgan fingerprint density at radius 1 is 1.50 bits per heavy atom. The van der Waals surface area contributed by atoms with Crippen molar-refractivity contribution in [2.45, 2.75) is 17.9 Å². The van der Waals surface area contributed by atoms with Gasteiger partial charge in [-0.15, -0.1) is 0 Å². The van der Waals surface area contributed by atoms with Crippen LogP contribution in [0.3, 0.4) is 0 Å². The van der Waals surface area contributed by atoms with Crippen molar-refractivity contribution in [3.05, 3.63) is 18.2 Å². The number of nitrogens with zero attached hydrogens (tertiary/aromatic N) is 1. The van der Waals surface area contributed by atoms with Gasteiger partial charge < -0.3 is 14.7 Å². The molecule has 1 aliphatic heterocycles. The number of fused-ring (bicyclic) bond motifs is 1. The molecule has 20 heavy (non-hydrogen) atoms. The fraction of sp³-hybridized carbons (Fsp3) is 0.417. The van der Waals surface area contributed by atoms with E-state index in [1.807, 2.05) is 11.9 Å². The first kappa shape index (κ1) is 14.6. The molecule has 1 unspecified atom stereocenters. The summed E-state index contributed by atoms with van der Waals surface area (Å²) in [5.74, 6) is -0.615. The predicted molar refractivity (Wildman–Crippen MR) is 72.6 cm³/mol. The second kappa shape index (κ2) is 5.29. The molecule has 0 saturated carbocycles. The molecule has 1 aliphatic rings. The molecule has 0 saturated heterocycles. The molecule has 2 rings (SSSR count). The van der Waals surface area contributed by atoms with E-state index in [9.17, 15) is 13.2 Å². The van der Waals surface area contributed by atoms with Gasteiger partial charge in [-0.1, -0.05) is 0 Å². The molecule has 0 spiro atoms. The van der Waals surface area contributed by atoms with Gasteiger partial charge in [-0.2, -0.15) is 4.72 Å². The van der Waals surface area contributed by atoms with Crippen molar-refractivity contribution >= 4 is 21.7 Å². The third kappa shape index (κ3) is 2.86. The maximum absolute atomic E-state index is 12.1. The number of anilines is 1. The molecule has 7 nitrogen and oxygen atoms in total. The Morgan fingerprint density at radius 3 is 2.85 bits per heavy atom. The van der Waals surface area contributed by atoms with Crippen molar-refractivity contribution in [1.29, 1.82) is 0 Å². The van der Waals surface area contributed by atoms with E-state index in [2.05, 4.69) is 4.72 Å². The first-order chi connectivity index (χ1) is 9.31. The van der Waals surface area contributed by atoms with Crippen molar-refractivity contribution < 1.29 is 23.1 Å². The first-order valence-electron chi connectivity index (χ1n) is 6.04. The van der Waals surface area contributed by atoms with Crippen LogP contribution in [0.15, 0.2) is 23.1 Å². The lowest BCUT2D eigenvalue weighted by Gasteiger charge is -2.28. The van der Waals surface area contributed by atoms with E-state index in [0.717, 1.165) is 0 Å². The highest BCUT2D eigenvalue weighted by atomic mass is 32.2. The zero-order valence-corrected chi connectivity index (χ0v) is 12.0. The number of likely N-dealkylation sites (N-methyl/N-ethyl adjacent to an activating group) is 1. The number of carboxylic acid groups (broad SMARTS) is 1. The minimum absolute atomic E-state index is 0.0155. The van der Waals surface area contributed by atoms with Crippen LogP contribution < -0.4 is 14.4 Å². The third-order valence-electron chi connectivity index (χ3n) is 3.04. The van der Waals surface area contributed by atoms with Gasteiger partial charge in [0.1, 0.15) is 18.4 Å². The third-order valence-corrected chi connectivity index (χ3v) is 4.58. The Balaban J connectivity index is 2.33. The molecule has 0 aliphatic carbocycles. The van der Waals surface area contributed by atoms with Gasteiger partial charge in [0.15, 0.2) is 0 Å². The number of ether oxygens (including phenoxy) is 1. The van der Waals surface area contributed by atoms with Gasteiger partial charge in [0, 0.05) is 7.05 Å². The molecule has 1 aromatic rings. The summed E-state index contributed by atoms with van der Waals surface area (Å²) in [6.45, 7) is 2.48. The minimum Gasteiger partial charge on any atom is -0.490 e. The Bertz CT molecular complexity index is 629. The van der Waals surface area contributed by atoms with Crippen LogP contribution >= 0.6 is 0 Å². The second-order valence-corrected chi connectivity index (χ2v) is 6.29. The molecule has 2 N–H and O–H groups in total. The molecule has 0 bridgehead atoms. The standard InChI is InChI=1S/C12H16N2O5S/c1-8(12(15)16)13-20(17,18)9-3-4-11-10(7-9)14(2)5-6-19-11/h3-4,7-8,13H,5-6H2,1-2H3,(H,15,16). The normalized spacial score (nSPS) is 16.2. The van der Waals surface area contributed by atoms with Crippen molar-refractivity contribution in [1.82, 2.24) is 4.72 Å². The molecule has 8 heteroatoms. The highest BCUT2D eigenvalue weighted by molar-refractivity contribution is 7.89. The van der Waals surface area contributed by atoms with Gasteiger partial charge in [-0.05, 0) is 25.1 Å². The zero-order valence-electron chi connectivity index (χ0n) is 11.2. The van der Waals surface area contributed by atoms with Crippen LogP contribution in [0.1, 0.15) is 6.92 Å². The van der Waals surface area contributed by atoms with E-state index in [4.69, 9.17) is 9.84 Å². The van der Waals surface area contributed by atoms with Gasteiger partial charge in [0.25, 0.3) is 0 Å². The molecule has 0 radical (unpaired) electrons. The maximum Gasteiger partial charge on any atom is 0.321 e. The summed E-state index contributed by atoms with van der Waals surface area (Å²) in [5.41, 5.74) is 0.669. The summed E-state index contributed by atoms with van der Waals surface area (Å²) in [7, 11) is -2.04. The number of benzene rings is 1. The van der Waals surface area contributed by atoms with Crippen LogP contribution in [0.25, 0.3) is 0 Å². The number of nitrogens with one attached hydrogen (secondary N) is 1. The Kier molecular flexibility index (Phi) is 3.87. The summed E-state index contributed by atoms with van der Waals surface area (Å²) in [6, 6.07) is 3.26.